The van der Waals surface area contributed by atoms with E-state index in [1.54, 1.807) is 7.11 Å². The highest BCUT2D eigenvalue weighted by atomic mass is 32.2. The number of sulfonamides is 1. The first-order valence-electron chi connectivity index (χ1n) is 5.93. The minimum atomic E-state index is -3.64. The smallest absolute Gasteiger partial charge is 0.245 e. The molecule has 0 saturated carbocycles. The van der Waals surface area contributed by atoms with E-state index in [4.69, 9.17) is 10.00 Å². The van der Waals surface area contributed by atoms with E-state index in [2.05, 4.69) is 4.98 Å². The van der Waals surface area contributed by atoms with E-state index in [0.29, 0.717) is 19.7 Å². The van der Waals surface area contributed by atoms with Crippen LogP contribution in [0.15, 0.2) is 23.2 Å². The molecule has 1 fully saturated rings. The number of methoxy groups -OCH3 is 1. The molecule has 1 aromatic heterocycles. The molecule has 7 heteroatoms. The third kappa shape index (κ3) is 2.76. The first-order valence-corrected chi connectivity index (χ1v) is 7.37. The summed E-state index contributed by atoms with van der Waals surface area (Å²) in [4.78, 5) is 3.78. The molecule has 0 N–H and O–H groups in total. The van der Waals surface area contributed by atoms with Crippen LogP contribution in [0.1, 0.15) is 12.1 Å². The minimum Gasteiger partial charge on any atom is -0.384 e. The number of rotatable bonds is 4. The minimum absolute atomic E-state index is 0.0180. The highest BCUT2D eigenvalue weighted by molar-refractivity contribution is 7.89. The van der Waals surface area contributed by atoms with E-state index in [1.807, 2.05) is 6.07 Å². The molecule has 1 aliphatic rings. The summed E-state index contributed by atoms with van der Waals surface area (Å²) in [6.45, 7) is 1.43. The summed E-state index contributed by atoms with van der Waals surface area (Å²) in [5.74, 6) is 0.210. The molecule has 0 aliphatic carbocycles. The van der Waals surface area contributed by atoms with Crippen LogP contribution < -0.4 is 0 Å². The van der Waals surface area contributed by atoms with Crippen molar-refractivity contribution in [2.24, 2.45) is 5.92 Å². The average molecular weight is 281 g/mol. The van der Waals surface area contributed by atoms with E-state index < -0.39 is 10.0 Å². The van der Waals surface area contributed by atoms with Crippen molar-refractivity contribution in [2.45, 2.75) is 11.3 Å². The van der Waals surface area contributed by atoms with Crippen LogP contribution in [0.2, 0.25) is 0 Å². The SMILES string of the molecule is COCC1CCN(S(=O)(=O)c2cccnc2C#N)C1. The summed E-state index contributed by atoms with van der Waals surface area (Å²) in [6, 6.07) is 4.77. The van der Waals surface area contributed by atoms with Crippen LogP contribution >= 0.6 is 0 Å². The van der Waals surface area contributed by atoms with Crippen LogP contribution in [0.4, 0.5) is 0 Å². The first kappa shape index (κ1) is 13.9. The molecule has 19 heavy (non-hydrogen) atoms. The van der Waals surface area contributed by atoms with Crippen molar-refractivity contribution >= 4 is 10.0 Å². The number of ether oxygens (including phenoxy) is 1. The Morgan fingerprint density at radius 1 is 1.63 bits per heavy atom. The average Bonchev–Trinajstić information content (AvgIpc) is 2.88. The van der Waals surface area contributed by atoms with Crippen LogP contribution in [-0.2, 0) is 14.8 Å². The van der Waals surface area contributed by atoms with Crippen LogP contribution in [0.3, 0.4) is 0 Å². The zero-order chi connectivity index (χ0) is 13.9. The van der Waals surface area contributed by atoms with Crippen molar-refractivity contribution in [3.05, 3.63) is 24.0 Å². The fraction of sp³-hybridized carbons (Fsp3) is 0.500. The van der Waals surface area contributed by atoms with Gasteiger partial charge in [-0.2, -0.15) is 9.57 Å². The maximum atomic E-state index is 12.5. The summed E-state index contributed by atoms with van der Waals surface area (Å²) >= 11 is 0. The monoisotopic (exact) mass is 281 g/mol. The second kappa shape index (κ2) is 5.65. The number of hydrogen-bond acceptors (Lipinski definition) is 5. The second-order valence-electron chi connectivity index (χ2n) is 4.44. The fourth-order valence-electron chi connectivity index (χ4n) is 2.21. The standard InChI is InChI=1S/C12H15N3O3S/c1-18-9-10-4-6-15(8-10)19(16,17)12-3-2-5-14-11(12)7-13/h2-3,5,10H,4,6,8-9H2,1H3. The van der Waals surface area contributed by atoms with Gasteiger partial charge in [0.25, 0.3) is 0 Å². The summed E-state index contributed by atoms with van der Waals surface area (Å²) in [5.41, 5.74) is -0.0577. The molecule has 0 bridgehead atoms. The molecule has 1 atom stereocenters. The molecule has 1 aliphatic heterocycles. The molecule has 102 valence electrons. The Balaban J connectivity index is 2.27. The third-order valence-corrected chi connectivity index (χ3v) is 5.04. The van der Waals surface area contributed by atoms with Crippen molar-refractivity contribution < 1.29 is 13.2 Å². The van der Waals surface area contributed by atoms with Gasteiger partial charge in [0.15, 0.2) is 5.69 Å². The van der Waals surface area contributed by atoms with Gasteiger partial charge in [0, 0.05) is 26.4 Å². The van der Waals surface area contributed by atoms with Gasteiger partial charge >= 0.3 is 0 Å². The Bertz CT molecular complexity index is 594. The molecule has 0 aromatic carbocycles. The predicted octanol–water partition coefficient (Wildman–Crippen LogP) is 0.610. The van der Waals surface area contributed by atoms with Crippen molar-refractivity contribution in [2.75, 3.05) is 26.8 Å². The number of aromatic nitrogens is 1. The van der Waals surface area contributed by atoms with Gasteiger partial charge in [-0.1, -0.05) is 0 Å². The molecule has 1 aromatic rings. The van der Waals surface area contributed by atoms with E-state index in [9.17, 15) is 8.42 Å². The van der Waals surface area contributed by atoms with Crippen LogP contribution in [0, 0.1) is 17.2 Å². The van der Waals surface area contributed by atoms with Crippen molar-refractivity contribution in [3.8, 4) is 6.07 Å². The van der Waals surface area contributed by atoms with Gasteiger partial charge in [0.05, 0.1) is 6.61 Å². The van der Waals surface area contributed by atoms with Gasteiger partial charge in [-0.25, -0.2) is 13.4 Å². The molecular formula is C12H15N3O3S. The molecule has 0 radical (unpaired) electrons. The zero-order valence-electron chi connectivity index (χ0n) is 10.6. The number of pyridine rings is 1. The topological polar surface area (TPSA) is 83.3 Å². The second-order valence-corrected chi connectivity index (χ2v) is 6.34. The summed E-state index contributed by atoms with van der Waals surface area (Å²) in [5, 5.41) is 8.95. The molecular weight excluding hydrogens is 266 g/mol. The molecule has 6 nitrogen and oxygen atoms in total. The molecule has 1 unspecified atom stereocenters. The summed E-state index contributed by atoms with van der Waals surface area (Å²) < 4.78 is 31.4. The van der Waals surface area contributed by atoms with E-state index in [1.165, 1.54) is 22.6 Å². The van der Waals surface area contributed by atoms with Gasteiger partial charge in [-0.05, 0) is 24.5 Å². The highest BCUT2D eigenvalue weighted by Gasteiger charge is 2.34. The molecule has 2 heterocycles. The lowest BCUT2D eigenvalue weighted by atomic mass is 10.1. The van der Waals surface area contributed by atoms with Crippen LogP contribution in [0.25, 0.3) is 0 Å². The van der Waals surface area contributed by atoms with Gasteiger partial charge in [0.2, 0.25) is 10.0 Å². The van der Waals surface area contributed by atoms with Crippen LogP contribution in [-0.4, -0.2) is 44.5 Å². The van der Waals surface area contributed by atoms with Gasteiger partial charge in [-0.15, -0.1) is 0 Å². The fourth-order valence-corrected chi connectivity index (χ4v) is 3.83. The van der Waals surface area contributed by atoms with Gasteiger partial charge < -0.3 is 4.74 Å². The normalized spacial score (nSPS) is 20.3. The Kier molecular flexibility index (Phi) is 4.14. The predicted molar refractivity (Wildman–Crippen MR) is 67.7 cm³/mol. The lowest BCUT2D eigenvalue weighted by molar-refractivity contribution is 0.157. The first-order chi connectivity index (χ1) is 9.09. The molecule has 1 saturated heterocycles. The van der Waals surface area contributed by atoms with Crippen molar-refractivity contribution in [1.82, 2.24) is 9.29 Å². The van der Waals surface area contributed by atoms with Gasteiger partial charge in [-0.3, -0.25) is 0 Å². The Morgan fingerprint density at radius 2 is 2.42 bits per heavy atom. The van der Waals surface area contributed by atoms with E-state index >= 15 is 0 Å². The molecule has 2 rings (SSSR count). The Hall–Kier alpha value is -1.49. The summed E-state index contributed by atoms with van der Waals surface area (Å²) in [7, 11) is -2.04. The highest BCUT2D eigenvalue weighted by Crippen LogP contribution is 2.25. The van der Waals surface area contributed by atoms with Gasteiger partial charge in [0.1, 0.15) is 11.0 Å². The number of nitrogens with zero attached hydrogens (tertiary/aromatic N) is 3. The van der Waals surface area contributed by atoms with Crippen molar-refractivity contribution in [1.29, 1.82) is 5.26 Å². The van der Waals surface area contributed by atoms with Crippen LogP contribution in [0.5, 0.6) is 0 Å². The quantitative estimate of drug-likeness (QED) is 0.807. The zero-order valence-corrected chi connectivity index (χ0v) is 11.4. The Labute approximate surface area is 112 Å². The molecule has 0 spiro atoms. The maximum absolute atomic E-state index is 12.5. The van der Waals surface area contributed by atoms with Crippen molar-refractivity contribution in [3.63, 3.8) is 0 Å². The Morgan fingerprint density at radius 3 is 3.11 bits per heavy atom. The van der Waals surface area contributed by atoms with E-state index in [-0.39, 0.29) is 16.5 Å². The third-order valence-electron chi connectivity index (χ3n) is 3.15. The lowest BCUT2D eigenvalue weighted by Gasteiger charge is -2.16. The summed E-state index contributed by atoms with van der Waals surface area (Å²) in [6.07, 6.45) is 2.19. The largest absolute Gasteiger partial charge is 0.384 e. The molecule has 0 amide bonds. The van der Waals surface area contributed by atoms with E-state index in [0.717, 1.165) is 6.42 Å². The maximum Gasteiger partial charge on any atom is 0.245 e. The number of hydrogen-bond donors (Lipinski definition) is 0. The lowest BCUT2D eigenvalue weighted by Crippen LogP contribution is -2.30. The number of nitriles is 1.